The quantitative estimate of drug-likeness (QED) is 0.377. The molecule has 0 saturated carbocycles. The van der Waals surface area contributed by atoms with Crippen molar-refractivity contribution in [3.05, 3.63) is 23.6 Å². The molecule has 0 rings (SSSR count). The third-order valence-corrected chi connectivity index (χ3v) is 1.81. The van der Waals surface area contributed by atoms with Gasteiger partial charge in [-0.2, -0.15) is 0 Å². The number of carbonyl (C=O) groups excluding carboxylic acids is 1. The summed E-state index contributed by atoms with van der Waals surface area (Å²) in [6.45, 7) is 7.10. The van der Waals surface area contributed by atoms with E-state index in [4.69, 9.17) is 0 Å². The highest BCUT2D eigenvalue weighted by molar-refractivity contribution is 9.12. The molecule has 0 fully saturated rings. The average molecular weight is 215 g/mol. The van der Waals surface area contributed by atoms with Crippen molar-refractivity contribution < 1.29 is 4.79 Å². The van der Waals surface area contributed by atoms with Gasteiger partial charge in [0.1, 0.15) is 7.28 Å². The van der Waals surface area contributed by atoms with Gasteiger partial charge in [0.25, 0.3) is 0 Å². The Kier molecular flexibility index (Phi) is 6.23. The van der Waals surface area contributed by atoms with Crippen LogP contribution in [-0.2, 0) is 4.79 Å². The number of hydrogen-bond acceptors (Lipinski definition) is 1. The molecule has 0 radical (unpaired) electrons. The summed E-state index contributed by atoms with van der Waals surface area (Å²) in [7, 11) is 0.988. The van der Waals surface area contributed by atoms with Crippen LogP contribution in [0.5, 0.6) is 0 Å². The monoisotopic (exact) mass is 214 g/mol. The minimum atomic E-state index is 0.106. The summed E-state index contributed by atoms with van der Waals surface area (Å²) in [5, 5.41) is 0. The summed E-state index contributed by atoms with van der Waals surface area (Å²) in [5.41, 5.74) is 0. The van der Waals surface area contributed by atoms with Crippen molar-refractivity contribution in [2.24, 2.45) is 0 Å². The van der Waals surface area contributed by atoms with E-state index in [9.17, 15) is 4.79 Å². The minimum Gasteiger partial charge on any atom is -0.294 e. The Morgan fingerprint density at radius 1 is 1.64 bits per heavy atom. The second kappa shape index (κ2) is 6.41. The Balaban J connectivity index is 3.31. The lowest BCUT2D eigenvalue weighted by molar-refractivity contribution is -0.114. The Morgan fingerprint density at radius 3 is 2.73 bits per heavy atom. The molecule has 0 bridgehead atoms. The maximum Gasteiger partial charge on any atom is 0.169 e. The van der Waals surface area contributed by atoms with Crippen LogP contribution in [0.25, 0.3) is 0 Å². The number of carbonyl (C=O) groups is 1. The Hall–Kier alpha value is -0.305. The molecule has 11 heavy (non-hydrogen) atoms. The second-order valence-corrected chi connectivity index (χ2v) is 3.32. The standard InChI is InChI=1S/C8H12BBrO/c1-3-9-6-4-5-8(11)7(2)10/h3,9H,1-2,4-6H2. The summed E-state index contributed by atoms with van der Waals surface area (Å²) in [4.78, 5) is 10.9. The third kappa shape index (κ3) is 6.11. The van der Waals surface area contributed by atoms with Crippen molar-refractivity contribution in [3.63, 3.8) is 0 Å². The lowest BCUT2D eigenvalue weighted by atomic mass is 9.73. The summed E-state index contributed by atoms with van der Waals surface area (Å²) in [6.07, 6.45) is 2.56. The van der Waals surface area contributed by atoms with Gasteiger partial charge in [0.2, 0.25) is 0 Å². The number of halogens is 1. The van der Waals surface area contributed by atoms with Crippen molar-refractivity contribution in [2.45, 2.75) is 19.2 Å². The molecule has 0 aromatic rings. The zero-order chi connectivity index (χ0) is 8.69. The number of hydrogen-bond donors (Lipinski definition) is 0. The van der Waals surface area contributed by atoms with E-state index < -0.39 is 0 Å². The molecule has 0 aromatic carbocycles. The van der Waals surface area contributed by atoms with Crippen molar-refractivity contribution in [1.29, 1.82) is 0 Å². The molecule has 0 N–H and O–H groups in total. The van der Waals surface area contributed by atoms with Gasteiger partial charge in [-0.1, -0.05) is 19.3 Å². The highest BCUT2D eigenvalue weighted by atomic mass is 79.9. The summed E-state index contributed by atoms with van der Waals surface area (Å²) in [5.74, 6) is 1.97. The molecule has 3 heteroatoms. The molecule has 0 aliphatic carbocycles. The fourth-order valence-corrected chi connectivity index (χ4v) is 0.908. The van der Waals surface area contributed by atoms with Gasteiger partial charge < -0.3 is 0 Å². The highest BCUT2D eigenvalue weighted by Gasteiger charge is 2.01. The van der Waals surface area contributed by atoms with Crippen molar-refractivity contribution in [1.82, 2.24) is 0 Å². The third-order valence-electron chi connectivity index (χ3n) is 1.36. The average Bonchev–Trinajstić information content (AvgIpc) is 1.97. The van der Waals surface area contributed by atoms with E-state index >= 15 is 0 Å². The molecule has 0 saturated heterocycles. The lowest BCUT2D eigenvalue weighted by Gasteiger charge is -1.95. The van der Waals surface area contributed by atoms with Crippen LogP contribution in [-0.4, -0.2) is 13.1 Å². The van der Waals surface area contributed by atoms with Crippen molar-refractivity contribution in [3.8, 4) is 0 Å². The number of ketones is 1. The number of Topliss-reactive ketones (excluding diaryl/α,β-unsaturated/α-hetero) is 1. The van der Waals surface area contributed by atoms with E-state index in [1.54, 1.807) is 0 Å². The zero-order valence-corrected chi connectivity index (χ0v) is 8.19. The van der Waals surface area contributed by atoms with Crippen LogP contribution in [0, 0.1) is 0 Å². The van der Waals surface area contributed by atoms with Gasteiger partial charge in [0.05, 0.1) is 4.48 Å². The SMILES string of the molecule is C=CBCCCC(=O)C(=C)Br. The Labute approximate surface area is 76.9 Å². The second-order valence-electron chi connectivity index (χ2n) is 2.36. The molecule has 0 aliphatic rings. The van der Waals surface area contributed by atoms with Crippen LogP contribution >= 0.6 is 15.9 Å². The normalized spacial score (nSPS) is 8.82. The summed E-state index contributed by atoms with van der Waals surface area (Å²) in [6, 6.07) is 0. The zero-order valence-electron chi connectivity index (χ0n) is 6.61. The fourth-order valence-electron chi connectivity index (χ4n) is 0.710. The molecule has 0 atom stereocenters. The van der Waals surface area contributed by atoms with E-state index in [0.717, 1.165) is 20.0 Å². The largest absolute Gasteiger partial charge is 0.294 e. The van der Waals surface area contributed by atoms with Crippen LogP contribution in [0.15, 0.2) is 23.6 Å². The summed E-state index contributed by atoms with van der Waals surface area (Å²) < 4.78 is 0.483. The van der Waals surface area contributed by atoms with Crippen LogP contribution in [0.4, 0.5) is 0 Å². The highest BCUT2D eigenvalue weighted by Crippen LogP contribution is 2.08. The van der Waals surface area contributed by atoms with Gasteiger partial charge in [-0.05, 0) is 15.9 Å². The van der Waals surface area contributed by atoms with Crippen LogP contribution < -0.4 is 0 Å². The maximum atomic E-state index is 10.9. The number of rotatable bonds is 6. The smallest absolute Gasteiger partial charge is 0.169 e. The predicted octanol–water partition coefficient (Wildman–Crippen LogP) is 2.24. The first-order valence-electron chi connectivity index (χ1n) is 3.67. The molecule has 0 amide bonds. The fraction of sp³-hybridized carbons (Fsp3) is 0.375. The van der Waals surface area contributed by atoms with Gasteiger partial charge >= 0.3 is 0 Å². The number of allylic oxidation sites excluding steroid dienone is 1. The molecule has 0 spiro atoms. The molecule has 0 aromatic heterocycles. The van der Waals surface area contributed by atoms with Crippen LogP contribution in [0.1, 0.15) is 12.8 Å². The summed E-state index contributed by atoms with van der Waals surface area (Å²) >= 11 is 3.04. The molecule has 0 aliphatic heterocycles. The Morgan fingerprint density at radius 2 is 2.27 bits per heavy atom. The lowest BCUT2D eigenvalue weighted by Crippen LogP contribution is -1.96. The topological polar surface area (TPSA) is 17.1 Å². The molecular weight excluding hydrogens is 203 g/mol. The van der Waals surface area contributed by atoms with Gasteiger partial charge in [-0.25, -0.2) is 0 Å². The van der Waals surface area contributed by atoms with Gasteiger partial charge in [0, 0.05) is 6.42 Å². The van der Waals surface area contributed by atoms with Crippen LogP contribution in [0.3, 0.4) is 0 Å². The van der Waals surface area contributed by atoms with Gasteiger partial charge in [-0.3, -0.25) is 4.79 Å². The predicted molar refractivity (Wildman–Crippen MR) is 54.5 cm³/mol. The van der Waals surface area contributed by atoms with Gasteiger partial charge in [-0.15, -0.1) is 12.6 Å². The first-order valence-corrected chi connectivity index (χ1v) is 4.46. The first kappa shape index (κ1) is 10.7. The van der Waals surface area contributed by atoms with E-state index in [1.165, 1.54) is 0 Å². The first-order chi connectivity index (χ1) is 5.18. The van der Waals surface area contributed by atoms with Gasteiger partial charge in [0.15, 0.2) is 5.78 Å². The van der Waals surface area contributed by atoms with Crippen molar-refractivity contribution in [2.75, 3.05) is 0 Å². The minimum absolute atomic E-state index is 0.106. The molecular formula is C8H12BBrO. The van der Waals surface area contributed by atoms with E-state index in [1.807, 2.05) is 5.98 Å². The van der Waals surface area contributed by atoms with Crippen LogP contribution in [0.2, 0.25) is 6.32 Å². The maximum absolute atomic E-state index is 10.9. The van der Waals surface area contributed by atoms with E-state index in [-0.39, 0.29) is 5.78 Å². The molecule has 60 valence electrons. The molecule has 1 nitrogen and oxygen atoms in total. The van der Waals surface area contributed by atoms with Crippen molar-refractivity contribution >= 4 is 29.0 Å². The molecule has 0 heterocycles. The van der Waals surface area contributed by atoms with E-state index in [0.29, 0.717) is 10.9 Å². The molecule has 0 unspecified atom stereocenters. The Bertz CT molecular complexity index is 165. The van der Waals surface area contributed by atoms with E-state index in [2.05, 4.69) is 29.1 Å².